The fraction of sp³-hybridized carbons (Fsp3) is 0.923. The number of halogens is 1. The van der Waals surface area contributed by atoms with E-state index < -0.39 is 5.60 Å². The zero-order valence-electron chi connectivity index (χ0n) is 11.3. The summed E-state index contributed by atoms with van der Waals surface area (Å²) in [7, 11) is 0. The topological polar surface area (TPSA) is 29.5 Å². The summed E-state index contributed by atoms with van der Waals surface area (Å²) in [5, 5.41) is 0. The molecule has 0 radical (unpaired) electrons. The van der Waals surface area contributed by atoms with Crippen LogP contribution in [0.25, 0.3) is 0 Å². The molecule has 1 saturated heterocycles. The zero-order chi connectivity index (χ0) is 13.1. The van der Waals surface area contributed by atoms with Gasteiger partial charge in [0.25, 0.3) is 0 Å². The molecule has 2 atom stereocenters. The van der Waals surface area contributed by atoms with Gasteiger partial charge in [-0.2, -0.15) is 0 Å². The van der Waals surface area contributed by atoms with Crippen LogP contribution in [0, 0.1) is 0 Å². The van der Waals surface area contributed by atoms with Crippen LogP contribution in [0.4, 0.5) is 4.79 Å². The first-order valence-electron chi connectivity index (χ1n) is 6.47. The average molecular weight is 353 g/mol. The summed E-state index contributed by atoms with van der Waals surface area (Å²) >= 11 is 2.49. The Morgan fingerprint density at radius 3 is 2.65 bits per heavy atom. The van der Waals surface area contributed by atoms with Gasteiger partial charge in [-0.25, -0.2) is 4.79 Å². The summed E-state index contributed by atoms with van der Waals surface area (Å²) in [6, 6.07) is 0.366. The molecule has 0 N–H and O–H groups in total. The maximum absolute atomic E-state index is 12.1. The van der Waals surface area contributed by atoms with Crippen molar-refractivity contribution in [3.63, 3.8) is 0 Å². The first kappa shape index (κ1) is 15.1. The van der Waals surface area contributed by atoms with Crippen molar-refractivity contribution in [3.8, 4) is 0 Å². The van der Waals surface area contributed by atoms with Crippen molar-refractivity contribution < 1.29 is 9.53 Å². The molecule has 100 valence electrons. The molecule has 0 aromatic heterocycles. The first-order valence-corrected chi connectivity index (χ1v) is 7.71. The Morgan fingerprint density at radius 2 is 2.12 bits per heavy atom. The molecule has 0 bridgehead atoms. The Bertz CT molecular complexity index is 263. The van der Waals surface area contributed by atoms with Gasteiger partial charge < -0.3 is 9.64 Å². The molecule has 1 heterocycles. The van der Waals surface area contributed by atoms with E-state index >= 15 is 0 Å². The summed E-state index contributed by atoms with van der Waals surface area (Å²) in [4.78, 5) is 14.0. The van der Waals surface area contributed by atoms with Crippen molar-refractivity contribution in [3.05, 3.63) is 0 Å². The number of hydrogen-bond acceptors (Lipinski definition) is 2. The van der Waals surface area contributed by atoms with E-state index in [9.17, 15) is 4.79 Å². The highest BCUT2D eigenvalue weighted by Crippen LogP contribution is 2.27. The van der Waals surface area contributed by atoms with Crippen LogP contribution < -0.4 is 0 Å². The lowest BCUT2D eigenvalue weighted by atomic mass is 9.99. The van der Waals surface area contributed by atoms with E-state index in [-0.39, 0.29) is 6.09 Å². The molecule has 0 spiro atoms. The Labute approximate surface area is 118 Å². The monoisotopic (exact) mass is 353 g/mol. The number of likely N-dealkylation sites (tertiary alicyclic amines) is 1. The molecular formula is C13H24INO2. The molecule has 1 aliphatic heterocycles. The fourth-order valence-electron chi connectivity index (χ4n) is 2.17. The second-order valence-electron chi connectivity index (χ2n) is 5.74. The van der Waals surface area contributed by atoms with Crippen LogP contribution in [-0.4, -0.2) is 33.1 Å². The van der Waals surface area contributed by atoms with Crippen LogP contribution >= 0.6 is 22.6 Å². The third kappa shape index (κ3) is 5.02. The zero-order valence-corrected chi connectivity index (χ0v) is 13.5. The van der Waals surface area contributed by atoms with Crippen molar-refractivity contribution in [1.29, 1.82) is 0 Å². The third-order valence-corrected chi connectivity index (χ3v) is 4.03. The number of nitrogens with zero attached hydrogens (tertiary/aromatic N) is 1. The van der Waals surface area contributed by atoms with Gasteiger partial charge in [-0.05, 0) is 40.0 Å². The molecule has 17 heavy (non-hydrogen) atoms. The molecule has 1 aliphatic rings. The van der Waals surface area contributed by atoms with Crippen molar-refractivity contribution >= 4 is 28.7 Å². The molecule has 3 nitrogen and oxygen atoms in total. The number of amides is 1. The molecular weight excluding hydrogens is 329 g/mol. The second-order valence-corrected chi connectivity index (χ2v) is 7.50. The summed E-state index contributed by atoms with van der Waals surface area (Å²) in [6.07, 6.45) is 4.25. The standard InChI is InChI=1S/C13H24INO2/c1-5-6-11-9-10(14)7-8-15(11)12(16)17-13(2,3)4/h10-11H,5-9H2,1-4H3. The highest BCUT2D eigenvalue weighted by Gasteiger charge is 2.32. The van der Waals surface area contributed by atoms with E-state index in [2.05, 4.69) is 29.5 Å². The quantitative estimate of drug-likeness (QED) is 0.555. The highest BCUT2D eigenvalue weighted by atomic mass is 127. The normalized spacial score (nSPS) is 25.8. The largest absolute Gasteiger partial charge is 0.444 e. The summed E-state index contributed by atoms with van der Waals surface area (Å²) in [6.45, 7) is 8.78. The molecule has 1 rings (SSSR count). The summed E-state index contributed by atoms with van der Waals surface area (Å²) in [5.74, 6) is 0. The molecule has 1 amide bonds. The molecule has 0 saturated carbocycles. The Hall–Kier alpha value is 0. The van der Waals surface area contributed by atoms with Crippen molar-refractivity contribution in [2.45, 2.75) is 68.9 Å². The number of hydrogen-bond donors (Lipinski definition) is 0. The molecule has 0 aromatic carbocycles. The number of alkyl halides is 1. The highest BCUT2D eigenvalue weighted by molar-refractivity contribution is 14.1. The maximum atomic E-state index is 12.1. The molecule has 1 fully saturated rings. The van der Waals surface area contributed by atoms with Gasteiger partial charge in [0.2, 0.25) is 0 Å². The lowest BCUT2D eigenvalue weighted by Gasteiger charge is -2.38. The minimum Gasteiger partial charge on any atom is -0.444 e. The van der Waals surface area contributed by atoms with Gasteiger partial charge in [0.05, 0.1) is 0 Å². The SMILES string of the molecule is CCCC1CC(I)CCN1C(=O)OC(C)(C)C. The van der Waals surface area contributed by atoms with Crippen LogP contribution in [0.2, 0.25) is 0 Å². The van der Waals surface area contributed by atoms with Crippen LogP contribution in [-0.2, 0) is 4.74 Å². The lowest BCUT2D eigenvalue weighted by molar-refractivity contribution is 0.00975. The predicted octanol–water partition coefficient (Wildman–Crippen LogP) is 3.99. The number of rotatable bonds is 2. The minimum absolute atomic E-state index is 0.140. The van der Waals surface area contributed by atoms with Gasteiger partial charge in [-0.1, -0.05) is 35.9 Å². The smallest absolute Gasteiger partial charge is 0.410 e. The average Bonchev–Trinajstić information content (AvgIpc) is 2.15. The summed E-state index contributed by atoms with van der Waals surface area (Å²) < 4.78 is 6.17. The number of ether oxygens (including phenoxy) is 1. The molecule has 4 heteroatoms. The second kappa shape index (κ2) is 6.25. The van der Waals surface area contributed by atoms with Gasteiger partial charge in [-0.3, -0.25) is 0 Å². The van der Waals surface area contributed by atoms with Crippen LogP contribution in [0.5, 0.6) is 0 Å². The first-order chi connectivity index (χ1) is 7.83. The number of carbonyl (C=O) groups is 1. The van der Waals surface area contributed by atoms with Crippen LogP contribution in [0.15, 0.2) is 0 Å². The van der Waals surface area contributed by atoms with Crippen molar-refractivity contribution in [2.24, 2.45) is 0 Å². The third-order valence-electron chi connectivity index (χ3n) is 2.90. The Kier molecular flexibility index (Phi) is 5.54. The van der Waals surface area contributed by atoms with Gasteiger partial charge >= 0.3 is 6.09 Å². The van der Waals surface area contributed by atoms with Gasteiger partial charge in [-0.15, -0.1) is 0 Å². The van der Waals surface area contributed by atoms with Crippen molar-refractivity contribution in [2.75, 3.05) is 6.54 Å². The molecule has 0 aliphatic carbocycles. The van der Waals surface area contributed by atoms with Crippen molar-refractivity contribution in [1.82, 2.24) is 4.90 Å². The maximum Gasteiger partial charge on any atom is 0.410 e. The van der Waals surface area contributed by atoms with E-state index in [4.69, 9.17) is 4.74 Å². The fourth-order valence-corrected chi connectivity index (χ4v) is 3.04. The van der Waals surface area contributed by atoms with E-state index in [1.165, 1.54) is 0 Å². The van der Waals surface area contributed by atoms with E-state index in [0.29, 0.717) is 9.97 Å². The molecule has 2 unspecified atom stereocenters. The van der Waals surface area contributed by atoms with Crippen LogP contribution in [0.1, 0.15) is 53.4 Å². The van der Waals surface area contributed by atoms with Gasteiger partial charge in [0.1, 0.15) is 5.60 Å². The van der Waals surface area contributed by atoms with E-state index in [0.717, 1.165) is 32.2 Å². The summed E-state index contributed by atoms with van der Waals surface area (Å²) in [5.41, 5.74) is -0.394. The number of piperidine rings is 1. The predicted molar refractivity (Wildman–Crippen MR) is 78.7 cm³/mol. The number of carbonyl (C=O) groups excluding carboxylic acids is 1. The van der Waals surface area contributed by atoms with Gasteiger partial charge in [0.15, 0.2) is 0 Å². The van der Waals surface area contributed by atoms with Gasteiger partial charge in [0, 0.05) is 16.5 Å². The molecule has 0 aromatic rings. The lowest BCUT2D eigenvalue weighted by Crippen LogP contribution is -2.48. The van der Waals surface area contributed by atoms with Crippen LogP contribution in [0.3, 0.4) is 0 Å². The Morgan fingerprint density at radius 1 is 1.47 bits per heavy atom. The Balaban J connectivity index is 2.62. The minimum atomic E-state index is -0.394. The van der Waals surface area contributed by atoms with E-state index in [1.54, 1.807) is 0 Å². The van der Waals surface area contributed by atoms with E-state index in [1.807, 2.05) is 25.7 Å².